The minimum Gasteiger partial charge on any atom is -1.00 e. The van der Waals surface area contributed by atoms with E-state index in [9.17, 15) is 4.79 Å². The average Bonchev–Trinajstić information content (AvgIpc) is 2.23. The van der Waals surface area contributed by atoms with Gasteiger partial charge in [-0.05, 0) is 0 Å². The smallest absolute Gasteiger partial charge is 1.00 e. The minimum absolute atomic E-state index is 0. The van der Waals surface area contributed by atoms with Crippen LogP contribution in [0.15, 0.2) is 0 Å². The Morgan fingerprint density at radius 3 is 1.58 bits per heavy atom. The molecule has 106 valence electrons. The van der Waals surface area contributed by atoms with Crippen LogP contribution in [-0.2, 0) is 9.26 Å². The van der Waals surface area contributed by atoms with Crippen molar-refractivity contribution in [3.05, 3.63) is 0 Å². The van der Waals surface area contributed by atoms with Gasteiger partial charge in [0.05, 0.1) is 6.61 Å². The summed E-state index contributed by atoms with van der Waals surface area (Å²) in [6.07, 6.45) is -7.84. The number of aliphatic carboxylic acids is 1. The Bertz CT molecular complexity index is 260. The molecule has 0 aliphatic rings. The molecule has 0 bridgehead atoms. The standard InChI is InChI=1S/C6H12O7.2Na.H2O3Si.2H/c7-1-2(8)3(9)4(10)5(11)6(12)13;;;1-4(2)3;;/h2-5,7-11H,1H2,(H,12,13);;;1-2H;;/q;2*+1;;2*-1/t2-,3-,4+,5-;;;;;/m1...../s1. The molecule has 0 aliphatic heterocycles. The normalized spacial score (nSPS) is 15.2. The summed E-state index contributed by atoms with van der Waals surface area (Å²) in [4.78, 5) is 24.4. The molecule has 13 heteroatoms. The van der Waals surface area contributed by atoms with Crippen molar-refractivity contribution in [2.75, 3.05) is 6.61 Å². The minimum atomic E-state index is -3.13. The molecule has 0 rings (SSSR count). The van der Waals surface area contributed by atoms with E-state index in [0.29, 0.717) is 0 Å². The van der Waals surface area contributed by atoms with Gasteiger partial charge in [-0.15, -0.1) is 0 Å². The zero-order chi connectivity index (χ0) is 14.2. The van der Waals surface area contributed by atoms with E-state index in [1.165, 1.54) is 0 Å². The first-order valence-electron chi connectivity index (χ1n) is 4.13. The number of aliphatic hydroxyl groups is 5. The maximum Gasteiger partial charge on any atom is 1.00 e. The fourth-order valence-corrected chi connectivity index (χ4v) is 0.668. The Morgan fingerprint density at radius 2 is 1.37 bits per heavy atom. The molecule has 0 fully saturated rings. The number of aliphatic hydroxyl groups excluding tert-OH is 5. The number of carboxylic acids is 1. The number of hydrogen-bond donors (Lipinski definition) is 8. The third-order valence-corrected chi connectivity index (χ3v) is 1.51. The monoisotopic (exact) mass is 322 g/mol. The van der Waals surface area contributed by atoms with Crippen molar-refractivity contribution in [2.45, 2.75) is 24.4 Å². The molecule has 0 unspecified atom stereocenters. The second kappa shape index (κ2) is 15.3. The van der Waals surface area contributed by atoms with Crippen molar-refractivity contribution in [1.29, 1.82) is 0 Å². The summed E-state index contributed by atoms with van der Waals surface area (Å²) in [6, 6.07) is 0. The van der Waals surface area contributed by atoms with Gasteiger partial charge in [-0.1, -0.05) is 0 Å². The second-order valence-corrected chi connectivity index (χ2v) is 3.36. The molecule has 0 saturated carbocycles. The van der Waals surface area contributed by atoms with Crippen LogP contribution >= 0.6 is 0 Å². The van der Waals surface area contributed by atoms with Gasteiger partial charge in [-0.3, -0.25) is 4.46 Å². The molecule has 19 heavy (non-hydrogen) atoms. The molecule has 0 spiro atoms. The van der Waals surface area contributed by atoms with E-state index in [-0.39, 0.29) is 62.0 Å². The van der Waals surface area contributed by atoms with Crippen LogP contribution in [0.5, 0.6) is 0 Å². The third-order valence-electron chi connectivity index (χ3n) is 1.51. The molecule has 0 aromatic heterocycles. The molecule has 0 saturated heterocycles. The maximum atomic E-state index is 10.1. The predicted octanol–water partition coefficient (Wildman–Crippen LogP) is -10.9. The SMILES string of the molecule is O=C(O)[C@H](O)[C@@H](O)[C@H](O)[C@H](O)CO.O=[Si](O)O.[H-].[H-].[Na+].[Na+]. The van der Waals surface area contributed by atoms with Crippen molar-refractivity contribution in [3.8, 4) is 0 Å². The van der Waals surface area contributed by atoms with E-state index < -0.39 is 46.2 Å². The van der Waals surface area contributed by atoms with Crippen LogP contribution in [0.1, 0.15) is 2.85 Å². The van der Waals surface area contributed by atoms with Gasteiger partial charge < -0.3 is 43.1 Å². The fraction of sp³-hybridized carbons (Fsp3) is 0.833. The van der Waals surface area contributed by atoms with Gasteiger partial charge in [-0.2, -0.15) is 0 Å². The number of carbonyl (C=O) groups is 1. The number of rotatable bonds is 5. The second-order valence-electron chi connectivity index (χ2n) is 2.80. The summed E-state index contributed by atoms with van der Waals surface area (Å²) in [5.74, 6) is -1.73. The Labute approximate surface area is 156 Å². The molecule has 10 nitrogen and oxygen atoms in total. The van der Waals surface area contributed by atoms with Gasteiger partial charge in [0.15, 0.2) is 6.10 Å². The molecule has 0 aromatic rings. The third kappa shape index (κ3) is 15.1. The van der Waals surface area contributed by atoms with E-state index in [1.807, 2.05) is 0 Å². The molecule has 0 heterocycles. The first kappa shape index (κ1) is 28.1. The van der Waals surface area contributed by atoms with Gasteiger partial charge in [0.25, 0.3) is 0 Å². The molecule has 0 radical (unpaired) electrons. The van der Waals surface area contributed by atoms with Crippen LogP contribution < -0.4 is 59.1 Å². The van der Waals surface area contributed by atoms with Crippen LogP contribution in [-0.4, -0.2) is 86.4 Å². The summed E-state index contributed by atoms with van der Waals surface area (Å²) >= 11 is 0. The molecule has 0 aliphatic carbocycles. The largest absolute Gasteiger partial charge is 1.00 e. The summed E-state index contributed by atoms with van der Waals surface area (Å²) in [5, 5.41) is 51.8. The molecular formula is C6H16Na2O10Si. The Balaban J connectivity index is -0.0000000629. The van der Waals surface area contributed by atoms with E-state index in [2.05, 4.69) is 0 Å². The quantitative estimate of drug-likeness (QED) is 0.225. The van der Waals surface area contributed by atoms with Gasteiger partial charge >= 0.3 is 74.3 Å². The summed E-state index contributed by atoms with van der Waals surface area (Å²) in [7, 11) is -3.13. The molecule has 8 N–H and O–H groups in total. The van der Waals surface area contributed by atoms with Gasteiger partial charge in [-0.25, -0.2) is 4.79 Å². The summed E-state index contributed by atoms with van der Waals surface area (Å²) in [6.45, 7) is -0.843. The Hall–Kier alpha value is 0.887. The Kier molecular flexibility index (Phi) is 22.6. The number of hydrogen-bond acceptors (Lipinski definition) is 7. The zero-order valence-electron chi connectivity index (χ0n) is 12.4. The van der Waals surface area contributed by atoms with E-state index in [0.717, 1.165) is 0 Å². The summed E-state index contributed by atoms with van der Waals surface area (Å²) < 4.78 is 8.74. The van der Waals surface area contributed by atoms with E-state index in [1.54, 1.807) is 0 Å². The molecule has 0 amide bonds. The van der Waals surface area contributed by atoms with Gasteiger partial charge in [0, 0.05) is 0 Å². The van der Waals surface area contributed by atoms with Crippen LogP contribution in [0, 0.1) is 0 Å². The first-order valence-corrected chi connectivity index (χ1v) is 5.43. The van der Waals surface area contributed by atoms with Crippen LogP contribution in [0.2, 0.25) is 0 Å². The van der Waals surface area contributed by atoms with Crippen molar-refractivity contribution in [1.82, 2.24) is 0 Å². The summed E-state index contributed by atoms with van der Waals surface area (Å²) in [5.41, 5.74) is 0. The van der Waals surface area contributed by atoms with Crippen molar-refractivity contribution >= 4 is 15.1 Å². The van der Waals surface area contributed by atoms with Crippen molar-refractivity contribution in [3.63, 3.8) is 0 Å². The van der Waals surface area contributed by atoms with E-state index >= 15 is 0 Å². The van der Waals surface area contributed by atoms with Gasteiger partial charge in [0.1, 0.15) is 18.3 Å². The van der Waals surface area contributed by atoms with Crippen molar-refractivity contribution < 1.29 is 111 Å². The van der Waals surface area contributed by atoms with Crippen LogP contribution in [0.25, 0.3) is 0 Å². The number of carboxylic acid groups (broad SMARTS) is 1. The topological polar surface area (TPSA) is 196 Å². The first-order chi connectivity index (χ1) is 7.64. The molecule has 0 aromatic carbocycles. The molecular weight excluding hydrogens is 306 g/mol. The van der Waals surface area contributed by atoms with Crippen LogP contribution in [0.3, 0.4) is 0 Å². The molecule has 4 atom stereocenters. The van der Waals surface area contributed by atoms with Crippen LogP contribution in [0.4, 0.5) is 0 Å². The van der Waals surface area contributed by atoms with E-state index in [4.69, 9.17) is 44.7 Å². The van der Waals surface area contributed by atoms with Gasteiger partial charge in [0.2, 0.25) is 0 Å². The maximum absolute atomic E-state index is 10.1. The predicted molar refractivity (Wildman–Crippen MR) is 51.9 cm³/mol. The van der Waals surface area contributed by atoms with Crippen molar-refractivity contribution in [2.24, 2.45) is 0 Å². The average molecular weight is 322 g/mol. The zero-order valence-corrected chi connectivity index (χ0v) is 15.4. The fourth-order valence-electron chi connectivity index (χ4n) is 0.668. The Morgan fingerprint density at radius 1 is 1.05 bits per heavy atom.